The molecule has 5 aromatic carbocycles. The summed E-state index contributed by atoms with van der Waals surface area (Å²) >= 11 is 7.10. The lowest BCUT2D eigenvalue weighted by molar-refractivity contribution is 0.173. The molecule has 3 atom stereocenters. The van der Waals surface area contributed by atoms with E-state index >= 15 is 0 Å². The maximum atomic E-state index is 7.19. The summed E-state index contributed by atoms with van der Waals surface area (Å²) in [5, 5.41) is 4.56. The highest BCUT2D eigenvalue weighted by molar-refractivity contribution is 8.22. The van der Waals surface area contributed by atoms with E-state index in [0.717, 1.165) is 5.75 Å². The van der Waals surface area contributed by atoms with E-state index in [1.165, 1.54) is 54.8 Å². The third-order valence-corrected chi connectivity index (χ3v) is 14.9. The first kappa shape index (κ1) is 23.4. The van der Waals surface area contributed by atoms with Gasteiger partial charge in [-0.3, -0.25) is 0 Å². The average molecular weight is 541 g/mol. The van der Waals surface area contributed by atoms with Crippen LogP contribution in [-0.4, -0.2) is 0 Å². The van der Waals surface area contributed by atoms with Crippen molar-refractivity contribution in [2.75, 3.05) is 0 Å². The first-order valence-corrected chi connectivity index (χ1v) is 16.5. The Labute approximate surface area is 235 Å². The Bertz CT molecular complexity index is 1910. The zero-order valence-electron chi connectivity index (χ0n) is 22.3. The van der Waals surface area contributed by atoms with Crippen LogP contribution in [0, 0.1) is 0 Å². The van der Waals surface area contributed by atoms with Crippen molar-refractivity contribution < 1.29 is 4.74 Å². The van der Waals surface area contributed by atoms with Crippen molar-refractivity contribution in [2.45, 2.75) is 37.4 Å². The smallest absolute Gasteiger partial charge is 0.143 e. The molecule has 1 spiro atoms. The fourth-order valence-electron chi connectivity index (χ4n) is 7.25. The molecular weight excluding hydrogens is 511 g/mol. The molecule has 190 valence electrons. The minimum atomic E-state index is -2.43. The van der Waals surface area contributed by atoms with Crippen LogP contribution in [0.1, 0.15) is 54.7 Å². The molecule has 3 aliphatic rings. The zero-order valence-corrected chi connectivity index (χ0v) is 24.0. The zero-order chi connectivity index (χ0) is 26.6. The highest BCUT2D eigenvalue weighted by Crippen LogP contribution is 2.80. The lowest BCUT2D eigenvalue weighted by Gasteiger charge is -2.46. The van der Waals surface area contributed by atoms with Crippen LogP contribution in [-0.2, 0) is 22.4 Å². The van der Waals surface area contributed by atoms with Crippen molar-refractivity contribution in [1.29, 1.82) is 0 Å². The molecule has 2 heterocycles. The molecule has 3 heteroatoms. The van der Waals surface area contributed by atoms with Crippen molar-refractivity contribution in [2.24, 2.45) is 0 Å². The third-order valence-electron chi connectivity index (χ3n) is 9.00. The molecule has 0 amide bonds. The van der Waals surface area contributed by atoms with Crippen molar-refractivity contribution in [1.82, 2.24) is 0 Å². The minimum Gasteiger partial charge on any atom is -0.483 e. The SMILES string of the molecule is CC(C)(C)c1ccc2c3c(ccc2c1)O[C@H]1c2ccccc2[P@](=S)(c2ccccc2)[C@@]12C3=Cc1ccccc12. The molecule has 0 bridgehead atoms. The molecule has 8 rings (SSSR count). The first-order valence-electron chi connectivity index (χ1n) is 13.7. The monoisotopic (exact) mass is 540 g/mol. The second-order valence-corrected chi connectivity index (χ2v) is 16.6. The molecular formula is C36H29OPS. The van der Waals surface area contributed by atoms with Crippen LogP contribution in [0.5, 0.6) is 5.75 Å². The number of benzene rings is 5. The summed E-state index contributed by atoms with van der Waals surface area (Å²) in [7, 11) is 0. The number of ether oxygens (including phenoxy) is 1. The Morgan fingerprint density at radius 1 is 0.795 bits per heavy atom. The van der Waals surface area contributed by atoms with Gasteiger partial charge in [0.15, 0.2) is 0 Å². The van der Waals surface area contributed by atoms with Gasteiger partial charge >= 0.3 is 0 Å². The summed E-state index contributed by atoms with van der Waals surface area (Å²) < 4.78 is 7.19. The molecule has 39 heavy (non-hydrogen) atoms. The number of rotatable bonds is 1. The van der Waals surface area contributed by atoms with E-state index in [-0.39, 0.29) is 11.5 Å². The van der Waals surface area contributed by atoms with Gasteiger partial charge < -0.3 is 4.74 Å². The highest BCUT2D eigenvalue weighted by atomic mass is 32.4. The van der Waals surface area contributed by atoms with Gasteiger partial charge in [0.1, 0.15) is 11.9 Å². The van der Waals surface area contributed by atoms with Crippen LogP contribution in [0.15, 0.2) is 109 Å². The molecule has 5 aromatic rings. The lowest BCUT2D eigenvalue weighted by Crippen LogP contribution is -2.38. The summed E-state index contributed by atoms with van der Waals surface area (Å²) in [6.07, 6.45) is 2.25. The van der Waals surface area contributed by atoms with Crippen LogP contribution < -0.4 is 15.3 Å². The van der Waals surface area contributed by atoms with E-state index in [4.69, 9.17) is 16.5 Å². The second kappa shape index (κ2) is 7.81. The van der Waals surface area contributed by atoms with Crippen molar-refractivity contribution >= 4 is 50.9 Å². The Balaban J connectivity index is 1.52. The van der Waals surface area contributed by atoms with Gasteiger partial charge in [-0.25, -0.2) is 0 Å². The maximum Gasteiger partial charge on any atom is 0.143 e. The molecule has 0 unspecified atom stereocenters. The molecule has 0 N–H and O–H groups in total. The van der Waals surface area contributed by atoms with Gasteiger partial charge in [0.25, 0.3) is 0 Å². The van der Waals surface area contributed by atoms with Crippen molar-refractivity contribution in [3.63, 3.8) is 0 Å². The molecule has 0 fully saturated rings. The summed E-state index contributed by atoms with van der Waals surface area (Å²) in [4.78, 5) is 0. The van der Waals surface area contributed by atoms with Crippen LogP contribution in [0.3, 0.4) is 0 Å². The summed E-state index contributed by atoms with van der Waals surface area (Å²) in [6.45, 7) is 6.82. The van der Waals surface area contributed by atoms with Gasteiger partial charge in [-0.05, 0) is 61.2 Å². The molecule has 0 saturated heterocycles. The van der Waals surface area contributed by atoms with E-state index in [9.17, 15) is 0 Å². The topological polar surface area (TPSA) is 9.23 Å². The Hall–Kier alpha value is -3.45. The molecule has 0 radical (unpaired) electrons. The second-order valence-electron chi connectivity index (χ2n) is 12.0. The average Bonchev–Trinajstić information content (AvgIpc) is 3.43. The first-order chi connectivity index (χ1) is 18.8. The van der Waals surface area contributed by atoms with Gasteiger partial charge in [0.2, 0.25) is 0 Å². The minimum absolute atomic E-state index is 0.0808. The van der Waals surface area contributed by atoms with Crippen LogP contribution in [0.25, 0.3) is 22.4 Å². The van der Waals surface area contributed by atoms with E-state index in [1.54, 1.807) is 0 Å². The molecule has 1 nitrogen and oxygen atoms in total. The van der Waals surface area contributed by atoms with Gasteiger partial charge in [0.05, 0.1) is 5.16 Å². The Morgan fingerprint density at radius 2 is 1.54 bits per heavy atom. The highest BCUT2D eigenvalue weighted by Gasteiger charge is 2.66. The van der Waals surface area contributed by atoms with Crippen LogP contribution in [0.2, 0.25) is 0 Å². The predicted molar refractivity (Wildman–Crippen MR) is 168 cm³/mol. The molecule has 0 saturated carbocycles. The van der Waals surface area contributed by atoms with E-state index < -0.39 is 11.2 Å². The normalized spacial score (nSPS) is 24.2. The maximum absolute atomic E-state index is 7.19. The van der Waals surface area contributed by atoms with Gasteiger partial charge in [-0.1, -0.05) is 136 Å². The molecule has 0 aromatic heterocycles. The Morgan fingerprint density at radius 3 is 2.36 bits per heavy atom. The largest absolute Gasteiger partial charge is 0.483 e. The van der Waals surface area contributed by atoms with Gasteiger partial charge in [-0.15, -0.1) is 0 Å². The van der Waals surface area contributed by atoms with Crippen LogP contribution in [0.4, 0.5) is 0 Å². The van der Waals surface area contributed by atoms with E-state index in [1.807, 2.05) is 0 Å². The lowest BCUT2D eigenvalue weighted by atomic mass is 9.78. The van der Waals surface area contributed by atoms with Gasteiger partial charge in [-0.2, -0.15) is 0 Å². The number of fused-ring (bicyclic) bond motifs is 7. The van der Waals surface area contributed by atoms with Crippen LogP contribution >= 0.6 is 6.04 Å². The van der Waals surface area contributed by atoms with Crippen molar-refractivity contribution in [3.8, 4) is 5.75 Å². The fourth-order valence-corrected chi connectivity index (χ4v) is 13.1. The van der Waals surface area contributed by atoms with Crippen molar-refractivity contribution in [3.05, 3.63) is 137 Å². The van der Waals surface area contributed by atoms with E-state index in [0.29, 0.717) is 0 Å². The summed E-state index contributed by atoms with van der Waals surface area (Å²) in [5.74, 6) is 0.956. The van der Waals surface area contributed by atoms with Gasteiger partial charge in [0, 0.05) is 17.2 Å². The summed E-state index contributed by atoms with van der Waals surface area (Å²) in [5.41, 5.74) is 7.76. The molecule has 1 aliphatic carbocycles. The number of hydrogen-bond acceptors (Lipinski definition) is 2. The third kappa shape index (κ3) is 2.84. The standard InChI is InChI=1S/C36H29OPS/c1-35(2,3)25-18-19-27-23(21-25)17-20-31-33(27)30-22-24-11-7-9-15-29(24)36(30)34(37-31)28-14-8-10-16-32(28)38(36,39)26-12-5-4-6-13-26/h4-22,34H,1-3H3/t34-,36-,38+/m0/s1. The predicted octanol–water partition coefficient (Wildman–Crippen LogP) is 8.46. The Kier molecular flexibility index (Phi) is 4.70. The number of hydrogen-bond donors (Lipinski definition) is 0. The fraction of sp³-hybridized carbons (Fsp3) is 0.167. The summed E-state index contributed by atoms with van der Waals surface area (Å²) in [6, 6.07) is 37.5. The quantitative estimate of drug-likeness (QED) is 0.197. The molecule has 2 aliphatic heterocycles. The van der Waals surface area contributed by atoms with E-state index in [2.05, 4.69) is 136 Å².